The summed E-state index contributed by atoms with van der Waals surface area (Å²) in [5.74, 6) is 0.106. The zero-order valence-electron chi connectivity index (χ0n) is 12.2. The first-order valence-corrected chi connectivity index (χ1v) is 7.99. The maximum Gasteiger partial charge on any atom is 0.343 e. The molecule has 0 bridgehead atoms. The summed E-state index contributed by atoms with van der Waals surface area (Å²) < 4.78 is 6.64. The van der Waals surface area contributed by atoms with Crippen molar-refractivity contribution in [2.75, 3.05) is 12.9 Å². The summed E-state index contributed by atoms with van der Waals surface area (Å²) in [4.78, 5) is 20.8. The van der Waals surface area contributed by atoms with Crippen molar-refractivity contribution in [3.63, 3.8) is 0 Å². The Hall–Kier alpha value is -2.41. The van der Waals surface area contributed by atoms with Crippen molar-refractivity contribution in [3.8, 4) is 11.4 Å². The van der Waals surface area contributed by atoms with Crippen LogP contribution in [-0.2, 0) is 4.74 Å². The Bertz CT molecular complexity index is 817. The highest BCUT2D eigenvalue weighted by molar-refractivity contribution is 7.98. The second kappa shape index (κ2) is 6.15. The summed E-state index contributed by atoms with van der Waals surface area (Å²) in [6.45, 7) is 2.06. The molecule has 0 spiro atoms. The molecule has 0 unspecified atom stereocenters. The second-order valence-corrected chi connectivity index (χ2v) is 5.19. The van der Waals surface area contributed by atoms with Crippen LogP contribution in [-0.4, -0.2) is 38.4 Å². The lowest BCUT2D eigenvalue weighted by molar-refractivity contribution is 0.0527. The van der Waals surface area contributed by atoms with Crippen molar-refractivity contribution in [2.45, 2.75) is 12.1 Å². The Morgan fingerprint density at radius 1 is 1.32 bits per heavy atom. The number of esters is 1. The molecule has 0 saturated carbocycles. The van der Waals surface area contributed by atoms with Crippen LogP contribution < -0.4 is 0 Å². The van der Waals surface area contributed by atoms with Crippen LogP contribution in [0, 0.1) is 0 Å². The van der Waals surface area contributed by atoms with Crippen LogP contribution in [0.15, 0.2) is 41.7 Å². The molecule has 0 aliphatic rings. The number of fused-ring (bicyclic) bond motifs is 1. The molecule has 6 nitrogen and oxygen atoms in total. The van der Waals surface area contributed by atoms with Gasteiger partial charge in [0.25, 0.3) is 0 Å². The van der Waals surface area contributed by atoms with E-state index in [4.69, 9.17) is 4.74 Å². The lowest BCUT2D eigenvalue weighted by atomic mass is 10.2. The van der Waals surface area contributed by atoms with E-state index in [0.717, 1.165) is 5.56 Å². The minimum atomic E-state index is -0.445. The number of hydrogen-bond donors (Lipinski definition) is 0. The molecule has 0 amide bonds. The largest absolute Gasteiger partial charge is 0.462 e. The molecule has 0 fully saturated rings. The van der Waals surface area contributed by atoms with E-state index in [1.807, 2.05) is 36.6 Å². The van der Waals surface area contributed by atoms with Crippen molar-refractivity contribution in [1.29, 1.82) is 0 Å². The molecular formula is C15H14N4O2S. The molecule has 2 aromatic heterocycles. The van der Waals surface area contributed by atoms with Crippen molar-refractivity contribution in [1.82, 2.24) is 19.6 Å². The predicted molar refractivity (Wildman–Crippen MR) is 84.0 cm³/mol. The summed E-state index contributed by atoms with van der Waals surface area (Å²) in [5, 5.41) is 5.14. The Labute approximate surface area is 131 Å². The van der Waals surface area contributed by atoms with Crippen LogP contribution in [0.3, 0.4) is 0 Å². The third kappa shape index (κ3) is 2.55. The molecule has 0 radical (unpaired) electrons. The van der Waals surface area contributed by atoms with E-state index in [1.54, 1.807) is 11.4 Å². The number of ether oxygens (including phenoxy) is 1. The summed E-state index contributed by atoms with van der Waals surface area (Å²) in [6.07, 6.45) is 3.39. The van der Waals surface area contributed by atoms with Gasteiger partial charge in [-0.25, -0.2) is 14.8 Å². The fourth-order valence-electron chi connectivity index (χ4n) is 2.05. The summed E-state index contributed by atoms with van der Waals surface area (Å²) in [7, 11) is 0. The molecule has 0 aliphatic heterocycles. The van der Waals surface area contributed by atoms with Gasteiger partial charge >= 0.3 is 5.97 Å². The topological polar surface area (TPSA) is 69.4 Å². The highest BCUT2D eigenvalue weighted by Gasteiger charge is 2.19. The second-order valence-electron chi connectivity index (χ2n) is 4.42. The van der Waals surface area contributed by atoms with Gasteiger partial charge in [0.15, 0.2) is 16.6 Å². The summed E-state index contributed by atoms with van der Waals surface area (Å²) >= 11 is 1.44. The molecule has 0 aliphatic carbocycles. The first kappa shape index (κ1) is 14.5. The van der Waals surface area contributed by atoms with Crippen molar-refractivity contribution >= 4 is 23.4 Å². The first-order chi connectivity index (χ1) is 10.7. The van der Waals surface area contributed by atoms with E-state index in [1.165, 1.54) is 18.0 Å². The van der Waals surface area contributed by atoms with Gasteiger partial charge in [0, 0.05) is 11.8 Å². The van der Waals surface area contributed by atoms with Crippen molar-refractivity contribution in [2.24, 2.45) is 0 Å². The van der Waals surface area contributed by atoms with Crippen LogP contribution in [0.1, 0.15) is 17.3 Å². The predicted octanol–water partition coefficient (Wildman–Crippen LogP) is 2.69. The molecule has 1 aromatic carbocycles. The standard InChI is InChI=1S/C15H14N4O2S/c1-3-21-14(20)11-9-16-15(22-2)19-13(11)17-12(18-19)10-7-5-4-6-8-10/h4-9H,3H2,1-2H3. The number of rotatable bonds is 4. The van der Waals surface area contributed by atoms with Crippen molar-refractivity contribution < 1.29 is 9.53 Å². The van der Waals surface area contributed by atoms with E-state index < -0.39 is 5.97 Å². The van der Waals surface area contributed by atoms with Crippen molar-refractivity contribution in [3.05, 3.63) is 42.1 Å². The SMILES string of the molecule is CCOC(=O)c1cnc(SC)n2nc(-c3ccccc3)nc12. The van der Waals surface area contributed by atoms with Gasteiger partial charge in [-0.2, -0.15) is 4.52 Å². The maximum absolute atomic E-state index is 12.1. The van der Waals surface area contributed by atoms with Gasteiger partial charge in [-0.1, -0.05) is 42.1 Å². The van der Waals surface area contributed by atoms with E-state index >= 15 is 0 Å². The van der Waals surface area contributed by atoms with Gasteiger partial charge in [0.2, 0.25) is 0 Å². The number of hydrogen-bond acceptors (Lipinski definition) is 6. The summed E-state index contributed by atoms with van der Waals surface area (Å²) in [6, 6.07) is 9.61. The molecule has 0 atom stereocenters. The van der Waals surface area contributed by atoms with Crippen LogP contribution in [0.25, 0.3) is 17.0 Å². The third-order valence-corrected chi connectivity index (χ3v) is 3.69. The molecule has 3 rings (SSSR count). The fourth-order valence-corrected chi connectivity index (χ4v) is 2.51. The molecule has 112 valence electrons. The maximum atomic E-state index is 12.1. The molecule has 22 heavy (non-hydrogen) atoms. The molecule has 0 N–H and O–H groups in total. The van der Waals surface area contributed by atoms with Gasteiger partial charge in [-0.3, -0.25) is 0 Å². The van der Waals surface area contributed by atoms with Gasteiger partial charge < -0.3 is 4.74 Å². The van der Waals surface area contributed by atoms with E-state index in [0.29, 0.717) is 28.8 Å². The van der Waals surface area contributed by atoms with Gasteiger partial charge in [0.05, 0.1) is 6.61 Å². The monoisotopic (exact) mass is 314 g/mol. The zero-order chi connectivity index (χ0) is 15.5. The minimum Gasteiger partial charge on any atom is -0.462 e. The fraction of sp³-hybridized carbons (Fsp3) is 0.200. The van der Waals surface area contributed by atoms with Gasteiger partial charge in [-0.15, -0.1) is 5.10 Å². The number of carbonyl (C=O) groups is 1. The smallest absolute Gasteiger partial charge is 0.343 e. The molecule has 7 heteroatoms. The number of benzene rings is 1. The lowest BCUT2D eigenvalue weighted by Gasteiger charge is -2.04. The molecule has 2 heterocycles. The lowest BCUT2D eigenvalue weighted by Crippen LogP contribution is -2.09. The normalized spacial score (nSPS) is 10.8. The van der Waals surface area contributed by atoms with Gasteiger partial charge in [-0.05, 0) is 13.2 Å². The van der Waals surface area contributed by atoms with E-state index in [-0.39, 0.29) is 0 Å². The molecule has 0 saturated heterocycles. The van der Waals surface area contributed by atoms with E-state index in [9.17, 15) is 4.79 Å². The number of thioether (sulfide) groups is 1. The van der Waals surface area contributed by atoms with Crippen LogP contribution in [0.5, 0.6) is 0 Å². The Morgan fingerprint density at radius 2 is 2.09 bits per heavy atom. The number of aromatic nitrogens is 4. The molecule has 3 aromatic rings. The third-order valence-electron chi connectivity index (χ3n) is 3.04. The van der Waals surface area contributed by atoms with E-state index in [2.05, 4.69) is 15.1 Å². The highest BCUT2D eigenvalue weighted by Crippen LogP contribution is 2.21. The average molecular weight is 314 g/mol. The Balaban J connectivity index is 2.19. The average Bonchev–Trinajstić information content (AvgIpc) is 3.00. The minimum absolute atomic E-state index is 0.301. The van der Waals surface area contributed by atoms with Crippen LogP contribution >= 0.6 is 11.8 Å². The van der Waals surface area contributed by atoms with Crippen LogP contribution in [0.2, 0.25) is 0 Å². The van der Waals surface area contributed by atoms with Crippen LogP contribution in [0.4, 0.5) is 0 Å². The Kier molecular flexibility index (Phi) is 4.06. The highest BCUT2D eigenvalue weighted by atomic mass is 32.2. The Morgan fingerprint density at radius 3 is 2.77 bits per heavy atom. The quantitative estimate of drug-likeness (QED) is 0.419. The number of carbonyl (C=O) groups excluding carboxylic acids is 1. The molecular weight excluding hydrogens is 300 g/mol. The number of nitrogens with zero attached hydrogens (tertiary/aromatic N) is 4. The first-order valence-electron chi connectivity index (χ1n) is 6.77. The summed E-state index contributed by atoms with van der Waals surface area (Å²) in [5.41, 5.74) is 1.65. The van der Waals surface area contributed by atoms with Gasteiger partial charge in [0.1, 0.15) is 5.56 Å². The zero-order valence-corrected chi connectivity index (χ0v) is 13.0.